The highest BCUT2D eigenvalue weighted by molar-refractivity contribution is 5.89. The summed E-state index contributed by atoms with van der Waals surface area (Å²) in [5.41, 5.74) is 2.40. The number of hydrogen-bond donors (Lipinski definition) is 0. The third-order valence-electron chi connectivity index (χ3n) is 3.54. The van der Waals surface area contributed by atoms with Crippen LogP contribution in [0.15, 0.2) is 54.9 Å². The summed E-state index contributed by atoms with van der Waals surface area (Å²) in [6, 6.07) is 14.5. The molecule has 5 nitrogen and oxygen atoms in total. The molecule has 0 fully saturated rings. The van der Waals surface area contributed by atoms with Gasteiger partial charge in [0, 0.05) is 18.0 Å². The van der Waals surface area contributed by atoms with E-state index in [9.17, 15) is 10.1 Å². The molecule has 0 unspecified atom stereocenters. The van der Waals surface area contributed by atoms with Crippen LogP contribution in [0.5, 0.6) is 5.75 Å². The molecule has 0 saturated carbocycles. The highest BCUT2D eigenvalue weighted by Gasteiger charge is 2.13. The molecule has 23 heavy (non-hydrogen) atoms. The number of ether oxygens (including phenoxy) is 2. The number of fused-ring (bicyclic) bond motifs is 1. The zero-order valence-corrected chi connectivity index (χ0v) is 12.5. The van der Waals surface area contributed by atoms with Crippen LogP contribution < -0.4 is 4.74 Å². The molecule has 0 atom stereocenters. The average Bonchev–Trinajstić information content (AvgIpc) is 2.97. The van der Waals surface area contributed by atoms with Gasteiger partial charge in [-0.15, -0.1) is 0 Å². The molecule has 0 radical (unpaired) electrons. The summed E-state index contributed by atoms with van der Waals surface area (Å²) in [7, 11) is 1.54. The van der Waals surface area contributed by atoms with Gasteiger partial charge in [0.05, 0.1) is 23.8 Å². The number of hydrogen-bond acceptors (Lipinski definition) is 4. The molecule has 5 heteroatoms. The minimum absolute atomic E-state index is 0.0423. The lowest BCUT2D eigenvalue weighted by Crippen LogP contribution is -2.05. The average molecular weight is 306 g/mol. The summed E-state index contributed by atoms with van der Waals surface area (Å²) in [5, 5.41) is 9.34. The number of nitriles is 1. The zero-order chi connectivity index (χ0) is 16.2. The summed E-state index contributed by atoms with van der Waals surface area (Å²) < 4.78 is 12.3. The van der Waals surface area contributed by atoms with Crippen molar-refractivity contribution in [3.05, 3.63) is 71.5 Å². The number of pyridine rings is 1. The Morgan fingerprint density at radius 1 is 1.26 bits per heavy atom. The van der Waals surface area contributed by atoms with E-state index in [4.69, 9.17) is 9.47 Å². The first-order valence-electron chi connectivity index (χ1n) is 7.03. The molecule has 1 aromatic carbocycles. The van der Waals surface area contributed by atoms with Crippen molar-refractivity contribution >= 4 is 11.5 Å². The first-order chi connectivity index (χ1) is 11.2. The van der Waals surface area contributed by atoms with Crippen molar-refractivity contribution in [2.75, 3.05) is 7.11 Å². The van der Waals surface area contributed by atoms with Crippen LogP contribution in [-0.2, 0) is 11.3 Å². The van der Waals surface area contributed by atoms with E-state index in [1.807, 2.05) is 28.8 Å². The molecule has 0 amide bonds. The van der Waals surface area contributed by atoms with Crippen LogP contribution in [0.3, 0.4) is 0 Å². The predicted molar refractivity (Wildman–Crippen MR) is 84.2 cm³/mol. The van der Waals surface area contributed by atoms with Gasteiger partial charge in [0.25, 0.3) is 0 Å². The monoisotopic (exact) mass is 306 g/mol. The van der Waals surface area contributed by atoms with Gasteiger partial charge in [0.15, 0.2) is 0 Å². The number of nitrogens with zero attached hydrogens (tertiary/aromatic N) is 2. The standard InChI is InChI=1S/C18H14N2O3/c1-22-15-6-4-5-13(9-15)18(21)23-12-14-11-20-8-3-2-7-17(20)16(14)10-19/h2-9,11H,12H2,1H3. The number of methoxy groups -OCH3 is 1. The lowest BCUT2D eigenvalue weighted by molar-refractivity contribution is 0.0472. The maximum absolute atomic E-state index is 12.1. The Kier molecular flexibility index (Phi) is 3.98. The number of benzene rings is 1. The molecule has 0 bridgehead atoms. The van der Waals surface area contributed by atoms with E-state index in [0.717, 1.165) is 5.52 Å². The fourth-order valence-corrected chi connectivity index (χ4v) is 2.39. The summed E-state index contributed by atoms with van der Waals surface area (Å²) in [6.45, 7) is 0.0423. The minimum atomic E-state index is -0.456. The van der Waals surface area contributed by atoms with Crippen LogP contribution in [-0.4, -0.2) is 17.5 Å². The number of carbonyl (C=O) groups is 1. The maximum Gasteiger partial charge on any atom is 0.338 e. The Balaban J connectivity index is 1.80. The summed E-state index contributed by atoms with van der Waals surface area (Å²) in [6.07, 6.45) is 3.65. The number of rotatable bonds is 4. The molecule has 3 aromatic rings. The van der Waals surface area contributed by atoms with Crippen LogP contribution in [0, 0.1) is 11.3 Å². The van der Waals surface area contributed by atoms with E-state index in [2.05, 4.69) is 6.07 Å². The van der Waals surface area contributed by atoms with Crippen LogP contribution in [0.2, 0.25) is 0 Å². The Morgan fingerprint density at radius 2 is 2.13 bits per heavy atom. The van der Waals surface area contributed by atoms with E-state index in [1.165, 1.54) is 7.11 Å². The maximum atomic E-state index is 12.1. The number of esters is 1. The van der Waals surface area contributed by atoms with E-state index < -0.39 is 5.97 Å². The first kappa shape index (κ1) is 14.7. The Bertz CT molecular complexity index is 906. The second-order valence-electron chi connectivity index (χ2n) is 4.94. The molecular formula is C18H14N2O3. The van der Waals surface area contributed by atoms with Crippen LogP contribution in [0.1, 0.15) is 21.5 Å². The van der Waals surface area contributed by atoms with Crippen LogP contribution >= 0.6 is 0 Å². The summed E-state index contributed by atoms with van der Waals surface area (Å²) in [5.74, 6) is 0.134. The molecule has 2 heterocycles. The lowest BCUT2D eigenvalue weighted by Gasteiger charge is -2.05. The molecular weight excluding hydrogens is 292 g/mol. The SMILES string of the molecule is COc1cccc(C(=O)OCc2cn3ccccc3c2C#N)c1. The van der Waals surface area contributed by atoms with Crippen LogP contribution in [0.25, 0.3) is 5.52 Å². The topological polar surface area (TPSA) is 63.7 Å². The molecule has 0 spiro atoms. The van der Waals surface area contributed by atoms with Crippen molar-refractivity contribution in [2.24, 2.45) is 0 Å². The van der Waals surface area contributed by atoms with Gasteiger partial charge in [-0.2, -0.15) is 5.26 Å². The van der Waals surface area contributed by atoms with Gasteiger partial charge in [-0.25, -0.2) is 4.79 Å². The van der Waals surface area contributed by atoms with Crippen molar-refractivity contribution in [3.63, 3.8) is 0 Å². The summed E-state index contributed by atoms with van der Waals surface area (Å²) in [4.78, 5) is 12.1. The van der Waals surface area contributed by atoms with E-state index in [-0.39, 0.29) is 6.61 Å². The van der Waals surface area contributed by atoms with E-state index in [0.29, 0.717) is 22.4 Å². The Hall–Kier alpha value is -3.26. The fourth-order valence-electron chi connectivity index (χ4n) is 2.39. The number of carbonyl (C=O) groups excluding carboxylic acids is 1. The van der Waals surface area contributed by atoms with E-state index >= 15 is 0 Å². The van der Waals surface area contributed by atoms with Crippen molar-refractivity contribution in [2.45, 2.75) is 6.61 Å². The Labute approximate surface area is 133 Å². The second kappa shape index (κ2) is 6.24. The largest absolute Gasteiger partial charge is 0.497 e. The fraction of sp³-hybridized carbons (Fsp3) is 0.111. The van der Waals surface area contributed by atoms with Crippen molar-refractivity contribution in [3.8, 4) is 11.8 Å². The van der Waals surface area contributed by atoms with Crippen LogP contribution in [0.4, 0.5) is 0 Å². The van der Waals surface area contributed by atoms with Gasteiger partial charge >= 0.3 is 5.97 Å². The van der Waals surface area contributed by atoms with Crippen molar-refractivity contribution < 1.29 is 14.3 Å². The minimum Gasteiger partial charge on any atom is -0.497 e. The van der Waals surface area contributed by atoms with Gasteiger partial charge in [-0.05, 0) is 30.3 Å². The van der Waals surface area contributed by atoms with Gasteiger partial charge in [-0.3, -0.25) is 0 Å². The van der Waals surface area contributed by atoms with Gasteiger partial charge < -0.3 is 13.9 Å². The predicted octanol–water partition coefficient (Wildman–Crippen LogP) is 3.18. The van der Waals surface area contributed by atoms with Gasteiger partial charge in [0.2, 0.25) is 0 Å². The second-order valence-corrected chi connectivity index (χ2v) is 4.94. The third-order valence-corrected chi connectivity index (χ3v) is 3.54. The highest BCUT2D eigenvalue weighted by atomic mass is 16.5. The van der Waals surface area contributed by atoms with Crippen molar-refractivity contribution in [1.29, 1.82) is 5.26 Å². The molecule has 3 rings (SSSR count). The zero-order valence-electron chi connectivity index (χ0n) is 12.5. The molecule has 0 aliphatic rings. The lowest BCUT2D eigenvalue weighted by atomic mass is 10.2. The Morgan fingerprint density at radius 3 is 2.91 bits per heavy atom. The van der Waals surface area contributed by atoms with Crippen molar-refractivity contribution in [1.82, 2.24) is 4.40 Å². The normalized spacial score (nSPS) is 10.3. The number of aromatic nitrogens is 1. The molecule has 2 aromatic heterocycles. The smallest absolute Gasteiger partial charge is 0.338 e. The van der Waals surface area contributed by atoms with E-state index in [1.54, 1.807) is 30.5 Å². The van der Waals surface area contributed by atoms with Gasteiger partial charge in [-0.1, -0.05) is 12.1 Å². The summed E-state index contributed by atoms with van der Waals surface area (Å²) >= 11 is 0. The molecule has 0 saturated heterocycles. The molecule has 0 aliphatic carbocycles. The van der Waals surface area contributed by atoms with Gasteiger partial charge in [0.1, 0.15) is 18.4 Å². The molecule has 114 valence electrons. The quantitative estimate of drug-likeness (QED) is 0.694. The third kappa shape index (κ3) is 2.87. The molecule has 0 aliphatic heterocycles. The molecule has 0 N–H and O–H groups in total. The first-order valence-corrected chi connectivity index (χ1v) is 7.03. The highest BCUT2D eigenvalue weighted by Crippen LogP contribution is 2.19.